The number of rotatable bonds is 1. The summed E-state index contributed by atoms with van der Waals surface area (Å²) in [7, 11) is 0. The van der Waals surface area contributed by atoms with E-state index in [0.29, 0.717) is 34.5 Å². The van der Waals surface area contributed by atoms with Gasteiger partial charge in [-0.05, 0) is 6.92 Å². The van der Waals surface area contributed by atoms with E-state index in [1.165, 1.54) is 73.8 Å². The molecule has 0 amide bonds. The predicted molar refractivity (Wildman–Crippen MR) is 183 cm³/mol. The monoisotopic (exact) mass is 690 g/mol. The molecule has 0 aliphatic rings. The van der Waals surface area contributed by atoms with Crippen LogP contribution < -0.4 is 22.2 Å². The minimum absolute atomic E-state index is 0.127. The third kappa shape index (κ3) is 7.53. The van der Waals surface area contributed by atoms with Crippen LogP contribution in [0.4, 0.5) is 0 Å². The van der Waals surface area contributed by atoms with Crippen LogP contribution in [-0.2, 0) is 5.41 Å². The molecule has 0 saturated heterocycles. The molecule has 0 unspecified atom stereocenters. The van der Waals surface area contributed by atoms with Crippen LogP contribution in [0.5, 0.6) is 0 Å². The second-order valence-electron chi connectivity index (χ2n) is 11.7. The third-order valence-electron chi connectivity index (χ3n) is 6.96. The van der Waals surface area contributed by atoms with Crippen LogP contribution in [-0.4, -0.2) is 78.3 Å². The molecule has 20 nitrogen and oxygen atoms in total. The number of benzene rings is 1. The number of aryl methyl sites for hydroxylation is 1. The minimum atomic E-state index is -0.165. The number of nitrogens with zero attached hydrogens (tertiary/aromatic N) is 12. The zero-order chi connectivity index (χ0) is 36.1. The van der Waals surface area contributed by atoms with Gasteiger partial charge in [-0.2, -0.15) is 18.1 Å². The Morgan fingerprint density at radius 1 is 0.529 bits per heavy atom. The van der Waals surface area contributed by atoms with Crippen molar-refractivity contribution in [3.63, 3.8) is 0 Å². The zero-order valence-electron chi connectivity index (χ0n) is 27.6. The smallest absolute Gasteiger partial charge is 0.274 e. The van der Waals surface area contributed by atoms with Crippen molar-refractivity contribution in [1.82, 2.24) is 78.3 Å². The highest BCUT2D eigenvalue weighted by Crippen LogP contribution is 2.18. The van der Waals surface area contributed by atoms with Crippen molar-refractivity contribution in [1.29, 1.82) is 0 Å². The first-order chi connectivity index (χ1) is 24.5. The van der Waals surface area contributed by atoms with Crippen molar-refractivity contribution in [3.8, 4) is 11.3 Å². The molecule has 9 aromatic rings. The van der Waals surface area contributed by atoms with E-state index in [1.54, 1.807) is 6.92 Å². The summed E-state index contributed by atoms with van der Waals surface area (Å²) >= 11 is 0. The predicted octanol–water partition coefficient (Wildman–Crippen LogP) is 0.943. The Labute approximate surface area is 284 Å². The number of H-pyrrole nitrogens is 4. The van der Waals surface area contributed by atoms with E-state index in [2.05, 4.69) is 60.3 Å². The van der Waals surface area contributed by atoms with E-state index in [1.807, 2.05) is 51.1 Å². The first kappa shape index (κ1) is 33.5. The molecule has 8 heterocycles. The molecule has 20 heteroatoms. The van der Waals surface area contributed by atoms with Crippen LogP contribution in [0.15, 0.2) is 105 Å². The van der Waals surface area contributed by atoms with E-state index < -0.39 is 0 Å². The Kier molecular flexibility index (Phi) is 9.20. The van der Waals surface area contributed by atoms with Crippen molar-refractivity contribution in [3.05, 3.63) is 139 Å². The Morgan fingerprint density at radius 2 is 1.02 bits per heavy atom. The fraction of sp³-hybridized carbons (Fsp3) is 0.161. The normalized spacial score (nSPS) is 11.1. The van der Waals surface area contributed by atoms with Gasteiger partial charge in [0.05, 0.1) is 11.4 Å². The van der Waals surface area contributed by atoms with Crippen LogP contribution in [0.2, 0.25) is 0 Å². The average Bonchev–Trinajstić information content (AvgIpc) is 3.93. The van der Waals surface area contributed by atoms with Gasteiger partial charge in [-0.15, -0.1) is 0 Å². The minimum Gasteiger partial charge on any atom is -0.278 e. The van der Waals surface area contributed by atoms with Gasteiger partial charge < -0.3 is 0 Å². The lowest BCUT2D eigenvalue weighted by molar-refractivity contribution is 0.566. The summed E-state index contributed by atoms with van der Waals surface area (Å²) in [6.45, 7) is 7.80. The van der Waals surface area contributed by atoms with Crippen molar-refractivity contribution >= 4 is 23.1 Å². The highest BCUT2D eigenvalue weighted by Gasteiger charge is 2.17. The van der Waals surface area contributed by atoms with Crippen molar-refractivity contribution in [2.24, 2.45) is 0 Å². The number of nitrogens with one attached hydrogen (secondary N) is 4. The first-order valence-electron chi connectivity index (χ1n) is 15.2. The van der Waals surface area contributed by atoms with Gasteiger partial charge in [0.2, 0.25) is 0 Å². The summed E-state index contributed by atoms with van der Waals surface area (Å²) in [5.74, 6) is 1.61. The largest absolute Gasteiger partial charge is 0.278 e. The molecule has 8 aromatic heterocycles. The van der Waals surface area contributed by atoms with Gasteiger partial charge in [-0.25, -0.2) is 39.9 Å². The lowest BCUT2D eigenvalue weighted by Crippen LogP contribution is -2.22. The van der Waals surface area contributed by atoms with Crippen LogP contribution in [0.1, 0.15) is 32.2 Å². The van der Waals surface area contributed by atoms with Gasteiger partial charge in [-0.3, -0.25) is 39.6 Å². The maximum absolute atomic E-state index is 11.7. The fourth-order valence-corrected chi connectivity index (χ4v) is 4.48. The van der Waals surface area contributed by atoms with E-state index in [9.17, 15) is 19.2 Å². The lowest BCUT2D eigenvalue weighted by atomic mass is 9.92. The van der Waals surface area contributed by atoms with Crippen molar-refractivity contribution < 1.29 is 0 Å². The maximum Gasteiger partial charge on any atom is 0.274 e. The summed E-state index contributed by atoms with van der Waals surface area (Å²) in [4.78, 5) is 77.2. The summed E-state index contributed by atoms with van der Waals surface area (Å²) < 4.78 is 5.16. The second-order valence-corrected chi connectivity index (χ2v) is 11.7. The van der Waals surface area contributed by atoms with Gasteiger partial charge >= 0.3 is 0 Å². The zero-order valence-corrected chi connectivity index (χ0v) is 27.6. The van der Waals surface area contributed by atoms with Gasteiger partial charge in [-0.1, -0.05) is 51.1 Å². The summed E-state index contributed by atoms with van der Waals surface area (Å²) in [6.07, 6.45) is 7.18. The fourth-order valence-electron chi connectivity index (χ4n) is 4.48. The number of hydrogen-bond donors (Lipinski definition) is 4. The number of aromatic amines is 4. The highest BCUT2D eigenvalue weighted by atomic mass is 16.1. The Hall–Kier alpha value is -7.38. The molecule has 0 spiro atoms. The average molecular weight is 691 g/mol. The number of hydrogen-bond acceptors (Lipinski definition) is 12. The molecule has 4 N–H and O–H groups in total. The molecule has 0 fully saturated rings. The van der Waals surface area contributed by atoms with E-state index in [0.717, 1.165) is 11.3 Å². The molecule has 0 radical (unpaired) electrons. The molecule has 0 atom stereocenters. The summed E-state index contributed by atoms with van der Waals surface area (Å²) in [5.41, 5.74) is 2.28. The van der Waals surface area contributed by atoms with Gasteiger partial charge in [0.1, 0.15) is 25.3 Å². The first-order valence-corrected chi connectivity index (χ1v) is 15.2. The van der Waals surface area contributed by atoms with E-state index >= 15 is 0 Å². The standard InChI is InChI=1S/C11H8N4O.C9H12N4O.C6H6N4O.C5H4N4O/c16-10-6-9(8-4-2-1-3-5-8)14-11-12-7-13-15(10)11;1-9(2,3)6-4-7(14)13-8(12-6)10-5-11-13;1-4-2-5(11)10-6(9-4)7-3-8-10;10-4-1-2-6-5-7-3-8-9(4)5/h1-7H,(H,12,13,14);4-5H,1-3H3,(H,10,11,12);2-3H,1H3,(H,7,8,9);1-3H,(H,6,7,8). The Bertz CT molecular complexity index is 2810. The summed E-state index contributed by atoms with van der Waals surface area (Å²) in [5, 5.41) is 10.7. The molecule has 0 bridgehead atoms. The molecule has 0 saturated carbocycles. The van der Waals surface area contributed by atoms with Crippen molar-refractivity contribution in [2.45, 2.75) is 33.1 Å². The molecular formula is C31H30N16O4. The molecule has 0 aliphatic heterocycles. The van der Waals surface area contributed by atoms with Gasteiger partial charge in [0.15, 0.2) is 0 Å². The Morgan fingerprint density at radius 3 is 1.59 bits per heavy atom. The molecule has 1 aromatic carbocycles. The number of fused-ring (bicyclic) bond motifs is 4. The molecule has 9 rings (SSSR count). The molecule has 51 heavy (non-hydrogen) atoms. The highest BCUT2D eigenvalue weighted by molar-refractivity contribution is 5.60. The van der Waals surface area contributed by atoms with Crippen LogP contribution in [0.3, 0.4) is 0 Å². The second kappa shape index (κ2) is 14.0. The SMILES string of the molecule is CC(C)(C)c1cc(=O)n2[nH]cnc2n1.Cc1cc(=O)n2[nH]cnc2n1.O=c1cc(-c2ccccc2)nc2nc[nH]n12.O=c1ccnc2nc[nH]n12. The Balaban J connectivity index is 0.000000119. The number of aromatic nitrogens is 16. The molecule has 258 valence electrons. The topological polar surface area (TPSA) is 252 Å². The molecular weight excluding hydrogens is 660 g/mol. The van der Waals surface area contributed by atoms with Crippen LogP contribution in [0, 0.1) is 6.92 Å². The summed E-state index contributed by atoms with van der Waals surface area (Å²) in [6, 6.07) is 15.4. The van der Waals surface area contributed by atoms with E-state index in [-0.39, 0.29) is 27.7 Å². The quantitative estimate of drug-likeness (QED) is 0.188. The van der Waals surface area contributed by atoms with Crippen LogP contribution in [0.25, 0.3) is 34.4 Å². The van der Waals surface area contributed by atoms with Crippen LogP contribution >= 0.6 is 0 Å². The van der Waals surface area contributed by atoms with Crippen molar-refractivity contribution in [2.75, 3.05) is 0 Å². The van der Waals surface area contributed by atoms with Gasteiger partial charge in [0.25, 0.3) is 45.3 Å². The third-order valence-corrected chi connectivity index (χ3v) is 6.96. The molecule has 0 aliphatic carbocycles. The maximum atomic E-state index is 11.7. The lowest BCUT2D eigenvalue weighted by Gasteiger charge is -2.16. The van der Waals surface area contributed by atoms with E-state index in [4.69, 9.17) is 0 Å². The van der Waals surface area contributed by atoms with Gasteiger partial charge in [0, 0.05) is 47.1 Å².